The topological polar surface area (TPSA) is 46.9 Å². The lowest BCUT2D eigenvalue weighted by Crippen LogP contribution is -2.27. The van der Waals surface area contributed by atoms with Crippen molar-refractivity contribution in [2.75, 3.05) is 6.54 Å². The molecule has 0 atom stereocenters. The Labute approximate surface area is 146 Å². The van der Waals surface area contributed by atoms with Gasteiger partial charge in [0.2, 0.25) is 5.91 Å². The SMILES string of the molecule is O=C(Cc1cnn(-c2ccccc2)c1)NCCc1cccc(Cl)c1. The van der Waals surface area contributed by atoms with Crippen LogP contribution < -0.4 is 5.32 Å². The minimum Gasteiger partial charge on any atom is -0.355 e. The van der Waals surface area contributed by atoms with Crippen LogP contribution in [0.25, 0.3) is 5.69 Å². The summed E-state index contributed by atoms with van der Waals surface area (Å²) in [5, 5.41) is 7.94. The van der Waals surface area contributed by atoms with Gasteiger partial charge in [-0.3, -0.25) is 4.79 Å². The standard InChI is InChI=1S/C19H18ClN3O/c20-17-6-4-5-15(11-17)9-10-21-19(24)12-16-13-22-23(14-16)18-7-2-1-3-8-18/h1-8,11,13-14H,9-10,12H2,(H,21,24). The molecule has 122 valence electrons. The summed E-state index contributed by atoms with van der Waals surface area (Å²) in [4.78, 5) is 12.0. The highest BCUT2D eigenvalue weighted by atomic mass is 35.5. The number of halogens is 1. The van der Waals surface area contributed by atoms with Crippen molar-refractivity contribution >= 4 is 17.5 Å². The highest BCUT2D eigenvalue weighted by molar-refractivity contribution is 6.30. The highest BCUT2D eigenvalue weighted by Crippen LogP contribution is 2.11. The van der Waals surface area contributed by atoms with Crippen LogP contribution in [-0.2, 0) is 17.6 Å². The normalized spacial score (nSPS) is 10.5. The van der Waals surface area contributed by atoms with Crippen LogP contribution >= 0.6 is 11.6 Å². The minimum atomic E-state index is -0.00959. The molecule has 0 radical (unpaired) electrons. The molecule has 3 aromatic rings. The summed E-state index contributed by atoms with van der Waals surface area (Å²) in [5.74, 6) is -0.00959. The van der Waals surface area contributed by atoms with E-state index < -0.39 is 0 Å². The summed E-state index contributed by atoms with van der Waals surface area (Å²) in [5.41, 5.74) is 2.98. The first-order chi connectivity index (χ1) is 11.7. The molecule has 0 aliphatic rings. The Morgan fingerprint density at radius 2 is 1.92 bits per heavy atom. The highest BCUT2D eigenvalue weighted by Gasteiger charge is 2.06. The van der Waals surface area contributed by atoms with E-state index in [0.29, 0.717) is 18.0 Å². The molecule has 1 heterocycles. The van der Waals surface area contributed by atoms with Gasteiger partial charge in [-0.25, -0.2) is 4.68 Å². The van der Waals surface area contributed by atoms with Crippen molar-refractivity contribution in [2.45, 2.75) is 12.8 Å². The fourth-order valence-corrected chi connectivity index (χ4v) is 2.67. The molecule has 0 aliphatic heterocycles. The van der Waals surface area contributed by atoms with E-state index in [1.807, 2.05) is 60.8 Å². The number of nitrogens with zero attached hydrogens (tertiary/aromatic N) is 2. The lowest BCUT2D eigenvalue weighted by Gasteiger charge is -2.05. The molecule has 2 aromatic carbocycles. The Bertz CT molecular complexity index is 814. The monoisotopic (exact) mass is 339 g/mol. The fourth-order valence-electron chi connectivity index (χ4n) is 2.46. The molecular weight excluding hydrogens is 322 g/mol. The summed E-state index contributed by atoms with van der Waals surface area (Å²) in [6, 6.07) is 17.5. The second kappa shape index (κ2) is 7.79. The number of aromatic nitrogens is 2. The van der Waals surface area contributed by atoms with E-state index in [4.69, 9.17) is 11.6 Å². The number of hydrogen-bond donors (Lipinski definition) is 1. The Morgan fingerprint density at radius 3 is 2.71 bits per heavy atom. The van der Waals surface area contributed by atoms with Crippen LogP contribution in [0.3, 0.4) is 0 Å². The molecule has 0 aliphatic carbocycles. The van der Waals surface area contributed by atoms with Crippen molar-refractivity contribution in [3.05, 3.63) is 83.1 Å². The maximum atomic E-state index is 12.0. The summed E-state index contributed by atoms with van der Waals surface area (Å²) in [6.07, 6.45) is 4.69. The van der Waals surface area contributed by atoms with Crippen molar-refractivity contribution < 1.29 is 4.79 Å². The first kappa shape index (κ1) is 16.3. The summed E-state index contributed by atoms with van der Waals surface area (Å²) < 4.78 is 1.77. The molecule has 3 rings (SSSR count). The van der Waals surface area contributed by atoms with E-state index in [0.717, 1.165) is 23.2 Å². The number of hydrogen-bond acceptors (Lipinski definition) is 2. The maximum Gasteiger partial charge on any atom is 0.224 e. The average molecular weight is 340 g/mol. The van der Waals surface area contributed by atoms with Crippen LogP contribution in [0.2, 0.25) is 5.02 Å². The van der Waals surface area contributed by atoms with E-state index in [2.05, 4.69) is 10.4 Å². The van der Waals surface area contributed by atoms with E-state index in [1.165, 1.54) is 0 Å². The number of carbonyl (C=O) groups excluding carboxylic acids is 1. The molecule has 5 heteroatoms. The van der Waals surface area contributed by atoms with Gasteiger partial charge in [0, 0.05) is 17.8 Å². The Morgan fingerprint density at radius 1 is 1.08 bits per heavy atom. The molecule has 1 aromatic heterocycles. The largest absolute Gasteiger partial charge is 0.355 e. The third-order valence-corrected chi connectivity index (χ3v) is 3.88. The van der Waals surface area contributed by atoms with Gasteiger partial charge in [0.25, 0.3) is 0 Å². The second-order valence-electron chi connectivity index (χ2n) is 5.54. The summed E-state index contributed by atoms with van der Waals surface area (Å²) >= 11 is 5.95. The zero-order valence-corrected chi connectivity index (χ0v) is 13.9. The van der Waals surface area contributed by atoms with Gasteiger partial charge in [-0.15, -0.1) is 0 Å². The average Bonchev–Trinajstić information content (AvgIpc) is 3.04. The quantitative estimate of drug-likeness (QED) is 0.748. The van der Waals surface area contributed by atoms with Crippen LogP contribution in [0, 0.1) is 0 Å². The molecule has 1 amide bonds. The van der Waals surface area contributed by atoms with Gasteiger partial charge in [-0.05, 0) is 41.8 Å². The molecular formula is C19H18ClN3O. The van der Waals surface area contributed by atoms with Crippen LogP contribution in [-0.4, -0.2) is 22.2 Å². The van der Waals surface area contributed by atoms with Gasteiger partial charge < -0.3 is 5.32 Å². The molecule has 1 N–H and O–H groups in total. The third-order valence-electron chi connectivity index (χ3n) is 3.65. The summed E-state index contributed by atoms with van der Waals surface area (Å²) in [6.45, 7) is 0.589. The van der Waals surface area contributed by atoms with Gasteiger partial charge in [-0.1, -0.05) is 41.9 Å². The number of carbonyl (C=O) groups is 1. The number of rotatable bonds is 6. The predicted octanol–water partition coefficient (Wildman–Crippen LogP) is 3.43. The molecule has 0 unspecified atom stereocenters. The van der Waals surface area contributed by atoms with Crippen molar-refractivity contribution in [1.29, 1.82) is 0 Å². The Balaban J connectivity index is 1.49. The fraction of sp³-hybridized carbons (Fsp3) is 0.158. The Hall–Kier alpha value is -2.59. The van der Waals surface area contributed by atoms with Gasteiger partial charge in [0.05, 0.1) is 18.3 Å². The van der Waals surface area contributed by atoms with Gasteiger partial charge >= 0.3 is 0 Å². The van der Waals surface area contributed by atoms with E-state index in [9.17, 15) is 4.79 Å². The molecule has 0 saturated heterocycles. The molecule has 0 bridgehead atoms. The maximum absolute atomic E-state index is 12.0. The molecule has 0 saturated carbocycles. The summed E-state index contributed by atoms with van der Waals surface area (Å²) in [7, 11) is 0. The van der Waals surface area contributed by atoms with Crippen LogP contribution in [0.5, 0.6) is 0 Å². The Kier molecular flexibility index (Phi) is 5.29. The number of amides is 1. The number of benzene rings is 2. The molecule has 4 nitrogen and oxygen atoms in total. The van der Waals surface area contributed by atoms with Crippen LogP contribution in [0.1, 0.15) is 11.1 Å². The van der Waals surface area contributed by atoms with Crippen molar-refractivity contribution in [2.24, 2.45) is 0 Å². The zero-order chi connectivity index (χ0) is 16.8. The predicted molar refractivity (Wildman–Crippen MR) is 95.4 cm³/mol. The number of nitrogens with one attached hydrogen (secondary N) is 1. The lowest BCUT2D eigenvalue weighted by molar-refractivity contribution is -0.120. The van der Waals surface area contributed by atoms with E-state index in [1.54, 1.807) is 10.9 Å². The minimum absolute atomic E-state index is 0.00959. The van der Waals surface area contributed by atoms with Crippen molar-refractivity contribution in [1.82, 2.24) is 15.1 Å². The van der Waals surface area contributed by atoms with Crippen molar-refractivity contribution in [3.8, 4) is 5.69 Å². The molecule has 0 fully saturated rings. The van der Waals surface area contributed by atoms with Gasteiger partial charge in [0.1, 0.15) is 0 Å². The smallest absolute Gasteiger partial charge is 0.224 e. The number of para-hydroxylation sites is 1. The van der Waals surface area contributed by atoms with E-state index in [-0.39, 0.29) is 5.91 Å². The van der Waals surface area contributed by atoms with Crippen LogP contribution in [0.4, 0.5) is 0 Å². The van der Waals surface area contributed by atoms with Gasteiger partial charge in [0.15, 0.2) is 0 Å². The van der Waals surface area contributed by atoms with Crippen LogP contribution in [0.15, 0.2) is 67.0 Å². The third kappa shape index (κ3) is 4.46. The van der Waals surface area contributed by atoms with E-state index >= 15 is 0 Å². The zero-order valence-electron chi connectivity index (χ0n) is 13.2. The second-order valence-corrected chi connectivity index (χ2v) is 5.97. The lowest BCUT2D eigenvalue weighted by atomic mass is 10.1. The van der Waals surface area contributed by atoms with Gasteiger partial charge in [-0.2, -0.15) is 5.10 Å². The first-order valence-electron chi connectivity index (χ1n) is 7.81. The van der Waals surface area contributed by atoms with Crippen molar-refractivity contribution in [3.63, 3.8) is 0 Å². The molecule has 0 spiro atoms. The molecule has 24 heavy (non-hydrogen) atoms. The first-order valence-corrected chi connectivity index (χ1v) is 8.18.